The molecule has 9 heteroatoms. The van der Waals surface area contributed by atoms with Gasteiger partial charge in [0.15, 0.2) is 11.5 Å². The van der Waals surface area contributed by atoms with Crippen molar-refractivity contribution in [1.82, 2.24) is 29.2 Å². The summed E-state index contributed by atoms with van der Waals surface area (Å²) < 4.78 is 9.52. The lowest BCUT2D eigenvalue weighted by molar-refractivity contribution is 0.107. The van der Waals surface area contributed by atoms with E-state index in [4.69, 9.17) is 19.8 Å². The SMILES string of the molecule is CNc1nc(NC2CCC3(CC2)CCC2OC23)nn2ccc(-c3ccn4nccc4n3)c12. The summed E-state index contributed by atoms with van der Waals surface area (Å²) in [5.74, 6) is 1.45. The molecular weight excluding hydrogens is 404 g/mol. The molecule has 2 atom stereocenters. The maximum atomic E-state index is 5.87. The lowest BCUT2D eigenvalue weighted by Crippen LogP contribution is -2.35. The van der Waals surface area contributed by atoms with E-state index in [2.05, 4.69) is 15.7 Å². The fourth-order valence-corrected chi connectivity index (χ4v) is 5.96. The van der Waals surface area contributed by atoms with Gasteiger partial charge in [0.05, 0.1) is 24.1 Å². The zero-order chi connectivity index (χ0) is 21.3. The lowest BCUT2D eigenvalue weighted by Gasteiger charge is -2.37. The molecule has 5 heterocycles. The van der Waals surface area contributed by atoms with E-state index in [1.165, 1.54) is 25.7 Å². The van der Waals surface area contributed by atoms with E-state index >= 15 is 0 Å². The van der Waals surface area contributed by atoms with Crippen LogP contribution in [-0.4, -0.2) is 54.5 Å². The molecule has 164 valence electrons. The molecule has 3 aliphatic rings. The molecule has 0 radical (unpaired) electrons. The van der Waals surface area contributed by atoms with Gasteiger partial charge in [-0.05, 0) is 56.1 Å². The first kappa shape index (κ1) is 18.4. The molecule has 2 aliphatic carbocycles. The van der Waals surface area contributed by atoms with Gasteiger partial charge in [0, 0.05) is 37.1 Å². The van der Waals surface area contributed by atoms with Gasteiger partial charge < -0.3 is 15.4 Å². The highest BCUT2D eigenvalue weighted by Gasteiger charge is 2.60. The standard InChI is InChI=1S/C23H26N8O/c1-24-21-19-15(16-7-13-30-18(27-16)5-11-25-30)6-12-31(19)29-22(28-21)26-14-2-8-23(9-3-14)10-4-17-20(23)32-17/h5-7,11-14,17,20H,2-4,8-10H2,1H3,(H2,24,26,28,29). The Morgan fingerprint density at radius 2 is 1.88 bits per heavy atom. The van der Waals surface area contributed by atoms with Gasteiger partial charge in [0.1, 0.15) is 5.52 Å². The van der Waals surface area contributed by atoms with Gasteiger partial charge >= 0.3 is 0 Å². The monoisotopic (exact) mass is 430 g/mol. The first-order chi connectivity index (χ1) is 15.7. The van der Waals surface area contributed by atoms with Gasteiger partial charge in [-0.1, -0.05) is 0 Å². The highest BCUT2D eigenvalue weighted by atomic mass is 16.6. The predicted octanol–water partition coefficient (Wildman–Crippen LogP) is 3.38. The molecule has 4 aromatic rings. The van der Waals surface area contributed by atoms with E-state index in [0.717, 1.165) is 41.1 Å². The van der Waals surface area contributed by atoms with E-state index < -0.39 is 0 Å². The molecule has 7 rings (SSSR count). The quantitative estimate of drug-likeness (QED) is 0.479. The number of fused-ring (bicyclic) bond motifs is 4. The van der Waals surface area contributed by atoms with Crippen molar-refractivity contribution in [3.63, 3.8) is 0 Å². The number of hydrogen-bond acceptors (Lipinski definition) is 7. The molecule has 0 bridgehead atoms. The average Bonchev–Trinajstić information content (AvgIpc) is 3.13. The molecule has 4 aromatic heterocycles. The van der Waals surface area contributed by atoms with E-state index in [0.29, 0.717) is 29.6 Å². The number of nitrogens with zero attached hydrogens (tertiary/aromatic N) is 6. The summed E-state index contributed by atoms with van der Waals surface area (Å²) in [4.78, 5) is 9.55. The molecule has 3 fully saturated rings. The van der Waals surface area contributed by atoms with Crippen LogP contribution in [0.15, 0.2) is 36.8 Å². The Bertz CT molecular complexity index is 1320. The fraction of sp³-hybridized carbons (Fsp3) is 0.478. The van der Waals surface area contributed by atoms with Crippen LogP contribution in [0.5, 0.6) is 0 Å². The summed E-state index contributed by atoms with van der Waals surface area (Å²) in [7, 11) is 1.90. The molecular formula is C23H26N8O. The number of aromatic nitrogens is 6. The molecule has 0 amide bonds. The summed E-state index contributed by atoms with van der Waals surface area (Å²) in [6, 6.07) is 6.31. The maximum absolute atomic E-state index is 5.87. The van der Waals surface area contributed by atoms with Crippen molar-refractivity contribution < 1.29 is 4.74 Å². The zero-order valence-corrected chi connectivity index (χ0v) is 18.0. The minimum absolute atomic E-state index is 0.404. The number of nitrogens with one attached hydrogen (secondary N) is 2. The Hall–Kier alpha value is -3.20. The number of rotatable bonds is 4. The third-order valence-electron chi connectivity index (χ3n) is 7.71. The van der Waals surface area contributed by atoms with Crippen LogP contribution in [0.25, 0.3) is 22.4 Å². The van der Waals surface area contributed by atoms with Crippen LogP contribution in [0.1, 0.15) is 38.5 Å². The average molecular weight is 431 g/mol. The third kappa shape index (κ3) is 2.73. The Morgan fingerprint density at radius 1 is 1.03 bits per heavy atom. The molecule has 2 saturated carbocycles. The Kier molecular flexibility index (Phi) is 3.82. The maximum Gasteiger partial charge on any atom is 0.243 e. The normalized spacial score (nSPS) is 29.0. The summed E-state index contributed by atoms with van der Waals surface area (Å²) in [5, 5.41) is 15.9. The van der Waals surface area contributed by atoms with E-state index in [1.54, 1.807) is 10.7 Å². The third-order valence-corrected chi connectivity index (χ3v) is 7.71. The summed E-state index contributed by atoms with van der Waals surface area (Å²) in [6.45, 7) is 0. The van der Waals surface area contributed by atoms with E-state index in [1.807, 2.05) is 42.2 Å². The molecule has 9 nitrogen and oxygen atoms in total. The molecule has 1 saturated heterocycles. The van der Waals surface area contributed by atoms with E-state index in [9.17, 15) is 0 Å². The minimum atomic E-state index is 0.404. The number of anilines is 2. The van der Waals surface area contributed by atoms with Gasteiger partial charge in [0.2, 0.25) is 5.95 Å². The van der Waals surface area contributed by atoms with Crippen molar-refractivity contribution >= 4 is 22.9 Å². The van der Waals surface area contributed by atoms with Gasteiger partial charge in [-0.3, -0.25) is 0 Å². The highest BCUT2D eigenvalue weighted by Crippen LogP contribution is 2.58. The Labute approximate surface area is 185 Å². The van der Waals surface area contributed by atoms with Gasteiger partial charge in [-0.25, -0.2) is 14.0 Å². The second kappa shape index (κ2) is 6.65. The smallest absolute Gasteiger partial charge is 0.243 e. The number of hydrogen-bond donors (Lipinski definition) is 2. The second-order valence-electron chi connectivity index (χ2n) is 9.42. The van der Waals surface area contributed by atoms with Crippen molar-refractivity contribution in [2.24, 2.45) is 5.41 Å². The molecule has 2 unspecified atom stereocenters. The van der Waals surface area contributed by atoms with Crippen molar-refractivity contribution in [3.05, 3.63) is 36.8 Å². The van der Waals surface area contributed by atoms with Gasteiger partial charge in [0.25, 0.3) is 0 Å². The Morgan fingerprint density at radius 3 is 2.66 bits per heavy atom. The number of epoxide rings is 1. The van der Waals surface area contributed by atoms with Crippen LogP contribution in [-0.2, 0) is 4.74 Å². The first-order valence-electron chi connectivity index (χ1n) is 11.5. The van der Waals surface area contributed by atoms with E-state index in [-0.39, 0.29) is 0 Å². The Balaban J connectivity index is 1.16. The summed E-state index contributed by atoms with van der Waals surface area (Å²) in [6.07, 6.45) is 14.1. The van der Waals surface area contributed by atoms with Crippen molar-refractivity contribution in [3.8, 4) is 11.3 Å². The van der Waals surface area contributed by atoms with Crippen LogP contribution in [0, 0.1) is 5.41 Å². The minimum Gasteiger partial charge on any atom is -0.371 e. The highest BCUT2D eigenvalue weighted by molar-refractivity contribution is 5.87. The van der Waals surface area contributed by atoms with Crippen molar-refractivity contribution in [1.29, 1.82) is 0 Å². The molecule has 1 spiro atoms. The second-order valence-corrected chi connectivity index (χ2v) is 9.42. The fourth-order valence-electron chi connectivity index (χ4n) is 5.96. The van der Waals surface area contributed by atoms with Crippen LogP contribution >= 0.6 is 0 Å². The predicted molar refractivity (Wildman–Crippen MR) is 121 cm³/mol. The summed E-state index contributed by atoms with van der Waals surface area (Å²) in [5.41, 5.74) is 4.04. The molecule has 0 aromatic carbocycles. The lowest BCUT2D eigenvalue weighted by atomic mass is 9.71. The topological polar surface area (TPSA) is 97.0 Å². The molecule has 1 aliphatic heterocycles. The van der Waals surface area contributed by atoms with Crippen LogP contribution in [0.2, 0.25) is 0 Å². The van der Waals surface area contributed by atoms with Crippen LogP contribution in [0.3, 0.4) is 0 Å². The van der Waals surface area contributed by atoms with Gasteiger partial charge in [-0.15, -0.1) is 5.10 Å². The summed E-state index contributed by atoms with van der Waals surface area (Å²) >= 11 is 0. The van der Waals surface area contributed by atoms with Crippen molar-refractivity contribution in [2.45, 2.75) is 56.8 Å². The van der Waals surface area contributed by atoms with Gasteiger partial charge in [-0.2, -0.15) is 10.1 Å². The zero-order valence-electron chi connectivity index (χ0n) is 18.0. The van der Waals surface area contributed by atoms with Crippen molar-refractivity contribution in [2.75, 3.05) is 17.7 Å². The molecule has 32 heavy (non-hydrogen) atoms. The first-order valence-corrected chi connectivity index (χ1v) is 11.5. The van der Waals surface area contributed by atoms with Crippen LogP contribution < -0.4 is 10.6 Å². The largest absolute Gasteiger partial charge is 0.371 e. The van der Waals surface area contributed by atoms with Crippen LogP contribution in [0.4, 0.5) is 11.8 Å². The molecule has 2 N–H and O–H groups in total. The number of ether oxygens (including phenoxy) is 1.